The van der Waals surface area contributed by atoms with E-state index >= 15 is 0 Å². The monoisotopic (exact) mass is 274 g/mol. The molecule has 5 N–H and O–H groups in total. The fourth-order valence-electron chi connectivity index (χ4n) is 1.74. The lowest BCUT2D eigenvalue weighted by Gasteiger charge is -2.11. The van der Waals surface area contributed by atoms with E-state index in [-0.39, 0.29) is 17.2 Å². The number of primary amides is 1. The molecule has 0 aliphatic carbocycles. The molecule has 0 saturated carbocycles. The van der Waals surface area contributed by atoms with Crippen molar-refractivity contribution in [3.63, 3.8) is 0 Å². The number of amides is 1. The lowest BCUT2D eigenvalue weighted by Crippen LogP contribution is -2.16. The van der Waals surface area contributed by atoms with Crippen LogP contribution in [0.1, 0.15) is 21.5 Å². The van der Waals surface area contributed by atoms with Crippen LogP contribution in [0.3, 0.4) is 0 Å². The Kier molecular flexibility index (Phi) is 3.56. The Morgan fingerprint density at radius 2 is 1.95 bits per heavy atom. The number of carbonyl (C=O) groups excluding carboxylic acids is 1. The third-order valence-electron chi connectivity index (χ3n) is 3.04. The van der Waals surface area contributed by atoms with Crippen LogP contribution in [0.4, 0.5) is 21.7 Å². The Balaban J connectivity index is 2.44. The molecule has 0 unspecified atom stereocenters. The molecule has 6 heteroatoms. The summed E-state index contributed by atoms with van der Waals surface area (Å²) in [4.78, 5) is 15.2. The second kappa shape index (κ2) is 5.16. The summed E-state index contributed by atoms with van der Waals surface area (Å²) in [6.07, 6.45) is 0. The zero-order chi connectivity index (χ0) is 14.9. The standard InChI is InChI=1S/C14H15FN4O/c1-7-3-4-9(5-8(7)2)18-14-10(13(17)20)6-11(15)12(16)19-14/h3-6H,1-2H3,(H2,17,20)(H3,16,18,19). The number of hydrogen-bond acceptors (Lipinski definition) is 4. The van der Waals surface area contributed by atoms with Crippen molar-refractivity contribution in [1.82, 2.24) is 4.98 Å². The quantitative estimate of drug-likeness (QED) is 0.800. The van der Waals surface area contributed by atoms with Crippen LogP contribution < -0.4 is 16.8 Å². The van der Waals surface area contributed by atoms with Gasteiger partial charge in [0.2, 0.25) is 0 Å². The minimum absolute atomic E-state index is 0.0464. The lowest BCUT2D eigenvalue weighted by atomic mass is 10.1. The van der Waals surface area contributed by atoms with E-state index in [0.29, 0.717) is 5.69 Å². The Bertz CT molecular complexity index is 685. The second-order valence-corrected chi connectivity index (χ2v) is 4.54. The summed E-state index contributed by atoms with van der Waals surface area (Å²) in [5, 5.41) is 2.93. The van der Waals surface area contributed by atoms with E-state index in [2.05, 4.69) is 10.3 Å². The molecule has 1 aromatic carbocycles. The average molecular weight is 274 g/mol. The predicted octanol–water partition coefficient (Wildman–Crippen LogP) is 2.26. The molecule has 0 aliphatic rings. The number of benzene rings is 1. The normalized spacial score (nSPS) is 10.3. The van der Waals surface area contributed by atoms with Gasteiger partial charge < -0.3 is 16.8 Å². The Labute approximate surface area is 115 Å². The number of nitrogens with zero attached hydrogens (tertiary/aromatic N) is 1. The predicted molar refractivity (Wildman–Crippen MR) is 76.3 cm³/mol. The van der Waals surface area contributed by atoms with Gasteiger partial charge in [-0.15, -0.1) is 0 Å². The number of rotatable bonds is 3. The van der Waals surface area contributed by atoms with Crippen molar-refractivity contribution in [2.24, 2.45) is 5.73 Å². The van der Waals surface area contributed by atoms with Crippen LogP contribution >= 0.6 is 0 Å². The van der Waals surface area contributed by atoms with Crippen molar-refractivity contribution in [3.05, 3.63) is 46.8 Å². The van der Waals surface area contributed by atoms with Crippen LogP contribution in [-0.2, 0) is 0 Å². The molecule has 0 spiro atoms. The highest BCUT2D eigenvalue weighted by atomic mass is 19.1. The molecule has 2 rings (SSSR count). The van der Waals surface area contributed by atoms with Gasteiger partial charge in [0.15, 0.2) is 11.6 Å². The number of hydrogen-bond donors (Lipinski definition) is 3. The minimum atomic E-state index is -0.775. The van der Waals surface area contributed by atoms with Crippen LogP contribution in [0.2, 0.25) is 0 Å². The topological polar surface area (TPSA) is 94.0 Å². The largest absolute Gasteiger partial charge is 0.381 e. The first-order valence-electron chi connectivity index (χ1n) is 5.98. The molecular weight excluding hydrogens is 259 g/mol. The van der Waals surface area contributed by atoms with Crippen LogP contribution in [-0.4, -0.2) is 10.9 Å². The number of carbonyl (C=O) groups is 1. The minimum Gasteiger partial charge on any atom is -0.381 e. The number of nitrogen functional groups attached to an aromatic ring is 1. The summed E-state index contributed by atoms with van der Waals surface area (Å²) in [5.74, 6) is -1.70. The molecule has 0 fully saturated rings. The van der Waals surface area contributed by atoms with E-state index in [0.717, 1.165) is 17.2 Å². The van der Waals surface area contributed by atoms with Crippen LogP contribution in [0.25, 0.3) is 0 Å². The molecule has 1 heterocycles. The highest BCUT2D eigenvalue weighted by Crippen LogP contribution is 2.23. The number of nitrogens with one attached hydrogen (secondary N) is 1. The number of aryl methyl sites for hydroxylation is 2. The fraction of sp³-hybridized carbons (Fsp3) is 0.143. The number of anilines is 3. The SMILES string of the molecule is Cc1ccc(Nc2nc(N)c(F)cc2C(N)=O)cc1C. The second-order valence-electron chi connectivity index (χ2n) is 4.54. The number of aromatic nitrogens is 1. The molecule has 0 saturated heterocycles. The molecule has 1 aromatic heterocycles. The van der Waals surface area contributed by atoms with Crippen molar-refractivity contribution in [2.75, 3.05) is 11.1 Å². The van der Waals surface area contributed by atoms with Gasteiger partial charge in [-0.1, -0.05) is 6.07 Å². The smallest absolute Gasteiger partial charge is 0.252 e. The van der Waals surface area contributed by atoms with Crippen molar-refractivity contribution in [1.29, 1.82) is 0 Å². The van der Waals surface area contributed by atoms with E-state index in [4.69, 9.17) is 11.5 Å². The van der Waals surface area contributed by atoms with Crippen molar-refractivity contribution < 1.29 is 9.18 Å². The molecule has 5 nitrogen and oxygen atoms in total. The molecule has 2 aromatic rings. The molecule has 0 atom stereocenters. The van der Waals surface area contributed by atoms with Gasteiger partial charge in [-0.2, -0.15) is 0 Å². The summed E-state index contributed by atoms with van der Waals surface area (Å²) in [6, 6.07) is 6.62. The van der Waals surface area contributed by atoms with E-state index in [1.807, 2.05) is 32.0 Å². The van der Waals surface area contributed by atoms with E-state index in [9.17, 15) is 9.18 Å². The van der Waals surface area contributed by atoms with E-state index in [1.165, 1.54) is 0 Å². The summed E-state index contributed by atoms with van der Waals surface area (Å²) < 4.78 is 13.4. The van der Waals surface area contributed by atoms with Crippen LogP contribution in [0.15, 0.2) is 24.3 Å². The van der Waals surface area contributed by atoms with Gasteiger partial charge in [-0.3, -0.25) is 4.79 Å². The first kappa shape index (κ1) is 13.8. The van der Waals surface area contributed by atoms with Gasteiger partial charge in [-0.05, 0) is 43.2 Å². The third-order valence-corrected chi connectivity index (χ3v) is 3.04. The highest BCUT2D eigenvalue weighted by molar-refractivity contribution is 5.98. The van der Waals surface area contributed by atoms with Crippen LogP contribution in [0.5, 0.6) is 0 Å². The number of halogens is 1. The molecule has 0 aliphatic heterocycles. The fourth-order valence-corrected chi connectivity index (χ4v) is 1.74. The lowest BCUT2D eigenvalue weighted by molar-refractivity contribution is 0.100. The van der Waals surface area contributed by atoms with Gasteiger partial charge in [0.25, 0.3) is 5.91 Å². The van der Waals surface area contributed by atoms with Crippen LogP contribution in [0, 0.1) is 19.7 Å². The molecule has 0 radical (unpaired) electrons. The van der Waals surface area contributed by atoms with E-state index < -0.39 is 11.7 Å². The maximum atomic E-state index is 13.4. The van der Waals surface area contributed by atoms with Gasteiger partial charge in [0.05, 0.1) is 5.56 Å². The molecule has 20 heavy (non-hydrogen) atoms. The Morgan fingerprint density at radius 1 is 1.25 bits per heavy atom. The molecular formula is C14H15FN4O. The average Bonchev–Trinajstić information content (AvgIpc) is 2.37. The number of nitrogens with two attached hydrogens (primary N) is 2. The Morgan fingerprint density at radius 3 is 2.55 bits per heavy atom. The van der Waals surface area contributed by atoms with Gasteiger partial charge >= 0.3 is 0 Å². The number of pyridine rings is 1. The Hall–Kier alpha value is -2.63. The maximum Gasteiger partial charge on any atom is 0.252 e. The molecule has 1 amide bonds. The van der Waals surface area contributed by atoms with Gasteiger partial charge in [0, 0.05) is 5.69 Å². The molecule has 104 valence electrons. The summed E-state index contributed by atoms with van der Waals surface area (Å²) in [7, 11) is 0. The summed E-state index contributed by atoms with van der Waals surface area (Å²) in [5.41, 5.74) is 13.5. The zero-order valence-corrected chi connectivity index (χ0v) is 11.2. The third kappa shape index (κ3) is 2.69. The maximum absolute atomic E-state index is 13.4. The van der Waals surface area contributed by atoms with Gasteiger partial charge in [-0.25, -0.2) is 9.37 Å². The van der Waals surface area contributed by atoms with E-state index in [1.54, 1.807) is 0 Å². The first-order valence-corrected chi connectivity index (χ1v) is 5.98. The first-order chi connectivity index (χ1) is 9.38. The summed E-state index contributed by atoms with van der Waals surface area (Å²) >= 11 is 0. The van der Waals surface area contributed by atoms with Crippen molar-refractivity contribution in [2.45, 2.75) is 13.8 Å². The van der Waals surface area contributed by atoms with Crippen molar-refractivity contribution in [3.8, 4) is 0 Å². The highest BCUT2D eigenvalue weighted by Gasteiger charge is 2.14. The van der Waals surface area contributed by atoms with Crippen molar-refractivity contribution >= 4 is 23.2 Å². The van der Waals surface area contributed by atoms with Gasteiger partial charge in [0.1, 0.15) is 5.82 Å². The summed E-state index contributed by atoms with van der Waals surface area (Å²) in [6.45, 7) is 3.95. The zero-order valence-electron chi connectivity index (χ0n) is 11.2. The molecule has 0 bridgehead atoms.